The van der Waals surface area contributed by atoms with Crippen LogP contribution in [0, 0.1) is 20.8 Å². The predicted molar refractivity (Wildman–Crippen MR) is 164 cm³/mol. The van der Waals surface area contributed by atoms with Crippen LogP contribution in [0.25, 0.3) is 5.76 Å². The van der Waals surface area contributed by atoms with E-state index in [1.807, 2.05) is 70.2 Å². The van der Waals surface area contributed by atoms with Crippen molar-refractivity contribution < 1.29 is 19.4 Å². The molecule has 1 amide bonds. The molecule has 1 N–H and O–H groups in total. The molecule has 7 nitrogen and oxygen atoms in total. The molecule has 1 saturated heterocycles. The van der Waals surface area contributed by atoms with Crippen LogP contribution in [-0.2, 0) is 15.3 Å². The van der Waals surface area contributed by atoms with Crippen molar-refractivity contribution in [3.05, 3.63) is 106 Å². The first kappa shape index (κ1) is 28.6. The molecule has 1 aliphatic rings. The summed E-state index contributed by atoms with van der Waals surface area (Å²) >= 11 is 2.77. The van der Waals surface area contributed by atoms with Crippen molar-refractivity contribution in [3.8, 4) is 5.75 Å². The van der Waals surface area contributed by atoms with E-state index < -0.39 is 17.7 Å². The normalized spacial score (nSPS) is 16.4. The second-order valence-electron chi connectivity index (χ2n) is 10.0. The molecule has 4 aromatic rings. The van der Waals surface area contributed by atoms with E-state index in [0.29, 0.717) is 38.7 Å². The number of aromatic nitrogens is 2. The summed E-state index contributed by atoms with van der Waals surface area (Å²) in [5.41, 5.74) is 5.27. The van der Waals surface area contributed by atoms with Gasteiger partial charge in [-0.15, -0.1) is 10.2 Å². The number of nitrogens with zero attached hydrogens (tertiary/aromatic N) is 3. The summed E-state index contributed by atoms with van der Waals surface area (Å²) in [4.78, 5) is 28.5. The summed E-state index contributed by atoms with van der Waals surface area (Å²) in [5, 5.41) is 20.5. The summed E-state index contributed by atoms with van der Waals surface area (Å²) in [7, 11) is 0. The number of ketones is 1. The molecule has 0 aliphatic carbocycles. The van der Waals surface area contributed by atoms with Gasteiger partial charge in [0.1, 0.15) is 11.5 Å². The first-order valence-corrected chi connectivity index (χ1v) is 15.2. The molecular weight excluding hydrogens is 555 g/mol. The van der Waals surface area contributed by atoms with E-state index in [2.05, 4.69) is 34.5 Å². The minimum atomic E-state index is -0.877. The number of carbonyl (C=O) groups is 2. The van der Waals surface area contributed by atoms with Gasteiger partial charge < -0.3 is 9.84 Å². The van der Waals surface area contributed by atoms with Crippen molar-refractivity contribution >= 4 is 45.7 Å². The van der Waals surface area contributed by atoms with E-state index in [1.54, 1.807) is 0 Å². The Bertz CT molecular complexity index is 1610. The molecule has 2 heterocycles. The highest BCUT2D eigenvalue weighted by atomic mass is 32.2. The molecule has 1 atom stereocenters. The van der Waals surface area contributed by atoms with Crippen LogP contribution in [0.5, 0.6) is 5.75 Å². The largest absolute Gasteiger partial charge is 0.507 e. The summed E-state index contributed by atoms with van der Waals surface area (Å²) in [6, 6.07) is 20.3. The lowest BCUT2D eigenvalue weighted by Crippen LogP contribution is -2.29. The van der Waals surface area contributed by atoms with Crippen molar-refractivity contribution in [1.82, 2.24) is 10.2 Å². The lowest BCUT2D eigenvalue weighted by atomic mass is 9.93. The number of hydrogen-bond donors (Lipinski definition) is 1. The first-order chi connectivity index (χ1) is 19.8. The fraction of sp³-hybridized carbons (Fsp3) is 0.250. The van der Waals surface area contributed by atoms with Crippen LogP contribution in [0.1, 0.15) is 52.8 Å². The molecule has 1 unspecified atom stereocenters. The zero-order valence-electron chi connectivity index (χ0n) is 23.4. The number of benzene rings is 3. The summed E-state index contributed by atoms with van der Waals surface area (Å²) in [6.45, 7) is 8.44. The van der Waals surface area contributed by atoms with Crippen LogP contribution in [0.3, 0.4) is 0 Å². The number of rotatable bonds is 9. The lowest BCUT2D eigenvalue weighted by molar-refractivity contribution is -0.132. The molecule has 1 aromatic heterocycles. The SMILES string of the molecule is CCCOc1ccc(C2/C(=C(\O)c3cc(C)ccc3C)C(=O)C(=O)N2c2nnc(SCc3ccc(C)cc3)s2)cc1. The van der Waals surface area contributed by atoms with Crippen LogP contribution < -0.4 is 9.64 Å². The fourth-order valence-electron chi connectivity index (χ4n) is 4.64. The van der Waals surface area contributed by atoms with Gasteiger partial charge in [0.15, 0.2) is 4.34 Å². The molecule has 1 aliphatic heterocycles. The second kappa shape index (κ2) is 12.3. The zero-order valence-corrected chi connectivity index (χ0v) is 25.0. The average Bonchev–Trinajstić information content (AvgIpc) is 3.54. The third-order valence-electron chi connectivity index (χ3n) is 6.85. The van der Waals surface area contributed by atoms with Gasteiger partial charge in [-0.05, 0) is 62.1 Å². The Balaban J connectivity index is 1.54. The van der Waals surface area contributed by atoms with Crippen LogP contribution >= 0.6 is 23.1 Å². The smallest absolute Gasteiger partial charge is 0.301 e. The Morgan fingerprint density at radius 3 is 2.39 bits per heavy atom. The van der Waals surface area contributed by atoms with Gasteiger partial charge in [-0.25, -0.2) is 0 Å². The van der Waals surface area contributed by atoms with E-state index in [0.717, 1.165) is 23.1 Å². The van der Waals surface area contributed by atoms with Gasteiger partial charge in [-0.1, -0.05) is 89.7 Å². The highest BCUT2D eigenvalue weighted by Gasteiger charge is 2.48. The van der Waals surface area contributed by atoms with Crippen molar-refractivity contribution in [1.29, 1.82) is 0 Å². The zero-order chi connectivity index (χ0) is 29.1. The quantitative estimate of drug-likeness (QED) is 0.0732. The van der Waals surface area contributed by atoms with Crippen molar-refractivity contribution in [2.24, 2.45) is 0 Å². The molecule has 5 rings (SSSR count). The van der Waals surface area contributed by atoms with E-state index in [-0.39, 0.29) is 11.3 Å². The number of aryl methyl sites for hydroxylation is 3. The van der Waals surface area contributed by atoms with E-state index >= 15 is 0 Å². The van der Waals surface area contributed by atoms with E-state index in [1.165, 1.54) is 33.6 Å². The summed E-state index contributed by atoms with van der Waals surface area (Å²) in [5.74, 6) is -0.332. The topological polar surface area (TPSA) is 92.6 Å². The Labute approximate surface area is 247 Å². The number of hydrogen-bond acceptors (Lipinski definition) is 8. The lowest BCUT2D eigenvalue weighted by Gasteiger charge is -2.23. The number of amides is 1. The Morgan fingerprint density at radius 1 is 0.976 bits per heavy atom. The number of anilines is 1. The number of thioether (sulfide) groups is 1. The maximum Gasteiger partial charge on any atom is 0.301 e. The third kappa shape index (κ3) is 6.06. The average molecular weight is 586 g/mol. The maximum absolute atomic E-state index is 13.6. The molecule has 0 spiro atoms. The maximum atomic E-state index is 13.6. The third-order valence-corrected chi connectivity index (χ3v) is 8.97. The fourth-order valence-corrected chi connectivity index (χ4v) is 6.46. The van der Waals surface area contributed by atoms with Crippen LogP contribution in [0.4, 0.5) is 5.13 Å². The molecule has 0 bridgehead atoms. The minimum Gasteiger partial charge on any atom is -0.507 e. The molecular formula is C32H31N3O4S2. The molecule has 0 radical (unpaired) electrons. The predicted octanol–water partition coefficient (Wildman–Crippen LogP) is 7.17. The van der Waals surface area contributed by atoms with Gasteiger partial charge in [-0.3, -0.25) is 14.5 Å². The van der Waals surface area contributed by atoms with Gasteiger partial charge in [0.2, 0.25) is 5.13 Å². The second-order valence-corrected chi connectivity index (χ2v) is 12.2. The van der Waals surface area contributed by atoms with Gasteiger partial charge in [0.05, 0.1) is 18.2 Å². The van der Waals surface area contributed by atoms with E-state index in [9.17, 15) is 14.7 Å². The number of aliphatic hydroxyl groups excluding tert-OH is 1. The Hall–Kier alpha value is -3.95. The number of carbonyl (C=O) groups excluding carboxylic acids is 2. The van der Waals surface area contributed by atoms with Crippen molar-refractivity contribution in [2.45, 2.75) is 50.3 Å². The number of aliphatic hydroxyl groups is 1. The molecule has 1 fully saturated rings. The molecule has 0 saturated carbocycles. The summed E-state index contributed by atoms with van der Waals surface area (Å²) < 4.78 is 6.42. The molecule has 210 valence electrons. The highest BCUT2D eigenvalue weighted by Crippen LogP contribution is 2.44. The van der Waals surface area contributed by atoms with Crippen molar-refractivity contribution in [2.75, 3.05) is 11.5 Å². The Kier molecular flexibility index (Phi) is 8.56. The standard InChI is InChI=1S/C32H31N3O4S2/c1-5-16-39-24-14-12-23(13-15-24)27-26(28(36)25-17-20(3)6-9-21(25)4)29(37)30(38)35(27)31-33-34-32(41-31)40-18-22-10-7-19(2)8-11-22/h6-15,17,27,36H,5,16,18H2,1-4H3/b28-26+. The highest BCUT2D eigenvalue weighted by molar-refractivity contribution is 8.00. The molecule has 41 heavy (non-hydrogen) atoms. The number of ether oxygens (including phenoxy) is 1. The minimum absolute atomic E-state index is 0.0231. The van der Waals surface area contributed by atoms with E-state index in [4.69, 9.17) is 4.74 Å². The van der Waals surface area contributed by atoms with Gasteiger partial charge in [-0.2, -0.15) is 0 Å². The monoisotopic (exact) mass is 585 g/mol. The Morgan fingerprint density at radius 2 is 1.68 bits per heavy atom. The number of Topliss-reactive ketones (excluding diaryl/α,β-unsaturated/α-hetero) is 1. The first-order valence-electron chi connectivity index (χ1n) is 13.4. The van der Waals surface area contributed by atoms with Gasteiger partial charge in [0, 0.05) is 11.3 Å². The van der Waals surface area contributed by atoms with Gasteiger partial charge >= 0.3 is 5.91 Å². The van der Waals surface area contributed by atoms with Crippen LogP contribution in [0.2, 0.25) is 0 Å². The summed E-state index contributed by atoms with van der Waals surface area (Å²) in [6.07, 6.45) is 0.874. The molecule has 3 aromatic carbocycles. The molecule has 9 heteroatoms. The van der Waals surface area contributed by atoms with Crippen LogP contribution in [-0.4, -0.2) is 33.6 Å². The van der Waals surface area contributed by atoms with Gasteiger partial charge in [0.25, 0.3) is 5.78 Å². The van der Waals surface area contributed by atoms with Crippen molar-refractivity contribution in [3.63, 3.8) is 0 Å². The van der Waals surface area contributed by atoms with Crippen LogP contribution in [0.15, 0.2) is 76.6 Å².